The fourth-order valence-corrected chi connectivity index (χ4v) is 3.97. The number of Topliss-reactive ketones (excluding diaryl/α,β-unsaturated/α-hetero) is 1. The van der Waals surface area contributed by atoms with Gasteiger partial charge in [0.05, 0.1) is 16.8 Å². The van der Waals surface area contributed by atoms with Gasteiger partial charge in [0.1, 0.15) is 0 Å². The number of benzene rings is 3. The molecule has 0 aliphatic rings. The lowest BCUT2D eigenvalue weighted by molar-refractivity contribution is 0.0477. The van der Waals surface area contributed by atoms with Crippen molar-refractivity contribution >= 4 is 49.5 Å². The molecule has 0 unspecified atom stereocenters. The van der Waals surface area contributed by atoms with Crippen LogP contribution in [0.4, 0.5) is 0 Å². The Balaban J connectivity index is 1.45. The zero-order chi connectivity index (χ0) is 22.1. The summed E-state index contributed by atoms with van der Waals surface area (Å²) >= 11 is 3.43. The number of fused-ring (bicyclic) bond motifs is 2. The van der Waals surface area contributed by atoms with Crippen molar-refractivity contribution in [1.82, 2.24) is 9.97 Å². The minimum atomic E-state index is -0.560. The van der Waals surface area contributed by atoms with Gasteiger partial charge in [-0.3, -0.25) is 4.79 Å². The summed E-state index contributed by atoms with van der Waals surface area (Å²) in [5, 5.41) is 1.48. The van der Waals surface area contributed by atoms with Crippen molar-refractivity contribution in [2.75, 3.05) is 6.61 Å². The molecule has 3 aromatic carbocycles. The second-order valence-electron chi connectivity index (χ2n) is 7.33. The van der Waals surface area contributed by atoms with Crippen molar-refractivity contribution in [3.63, 3.8) is 0 Å². The summed E-state index contributed by atoms with van der Waals surface area (Å²) in [6.07, 6.45) is 1.65. The van der Waals surface area contributed by atoms with Crippen molar-refractivity contribution in [3.05, 3.63) is 101 Å². The van der Waals surface area contributed by atoms with Crippen molar-refractivity contribution in [2.45, 2.75) is 0 Å². The molecule has 0 aliphatic heterocycles. The number of aromatic nitrogens is 2. The Hall–Kier alpha value is -3.77. The molecule has 1 N–H and O–H groups in total. The Labute approximate surface area is 192 Å². The van der Waals surface area contributed by atoms with Crippen molar-refractivity contribution in [1.29, 1.82) is 0 Å². The van der Waals surface area contributed by atoms with Crippen molar-refractivity contribution in [3.8, 4) is 11.3 Å². The Morgan fingerprint density at radius 3 is 2.41 bits per heavy atom. The fraction of sp³-hybridized carbons (Fsp3) is 0.0385. The number of carbonyl (C=O) groups is 2. The van der Waals surface area contributed by atoms with Gasteiger partial charge in [0.2, 0.25) is 5.78 Å². The Morgan fingerprint density at radius 2 is 1.59 bits per heavy atom. The van der Waals surface area contributed by atoms with Crippen LogP contribution in [0.15, 0.2) is 89.5 Å². The summed E-state index contributed by atoms with van der Waals surface area (Å²) in [7, 11) is 0. The number of nitrogens with zero attached hydrogens (tertiary/aromatic N) is 1. The van der Waals surface area contributed by atoms with Gasteiger partial charge < -0.3 is 9.72 Å². The molecule has 0 saturated carbocycles. The summed E-state index contributed by atoms with van der Waals surface area (Å²) in [6, 6.07) is 24.3. The molecule has 5 nitrogen and oxygen atoms in total. The molecule has 5 rings (SSSR count). The molecule has 2 aromatic heterocycles. The number of hydrogen-bond donors (Lipinski definition) is 1. The smallest absolute Gasteiger partial charge is 0.339 e. The monoisotopic (exact) mass is 484 g/mol. The van der Waals surface area contributed by atoms with E-state index in [1.807, 2.05) is 72.8 Å². The number of esters is 1. The van der Waals surface area contributed by atoms with E-state index in [9.17, 15) is 9.59 Å². The number of hydrogen-bond acceptors (Lipinski definition) is 4. The Morgan fingerprint density at radius 1 is 0.875 bits per heavy atom. The number of para-hydroxylation sites is 2. The number of ketones is 1. The molecular weight excluding hydrogens is 468 g/mol. The van der Waals surface area contributed by atoms with Crippen LogP contribution in [0.3, 0.4) is 0 Å². The third kappa shape index (κ3) is 3.81. The summed E-state index contributed by atoms with van der Waals surface area (Å²) in [6.45, 7) is -0.342. The molecule has 2 heterocycles. The second-order valence-corrected chi connectivity index (χ2v) is 8.24. The van der Waals surface area contributed by atoms with E-state index in [1.54, 1.807) is 12.3 Å². The van der Waals surface area contributed by atoms with Crippen LogP contribution in [0.25, 0.3) is 33.1 Å². The highest BCUT2D eigenvalue weighted by Crippen LogP contribution is 2.27. The first-order chi connectivity index (χ1) is 15.6. The highest BCUT2D eigenvalue weighted by molar-refractivity contribution is 9.10. The molecule has 0 aliphatic carbocycles. The first-order valence-corrected chi connectivity index (χ1v) is 10.8. The molecule has 0 spiro atoms. The first-order valence-electron chi connectivity index (χ1n) is 10.0. The largest absolute Gasteiger partial charge is 0.454 e. The SMILES string of the molecule is O=C(OCC(=O)c1c[nH]c2ccccc12)c1cc(-c2ccc(Br)cc2)nc2ccccc12. The van der Waals surface area contributed by atoms with E-state index < -0.39 is 5.97 Å². The van der Waals surface area contributed by atoms with Gasteiger partial charge in [-0.15, -0.1) is 0 Å². The average molecular weight is 485 g/mol. The highest BCUT2D eigenvalue weighted by atomic mass is 79.9. The Kier molecular flexibility index (Phi) is 5.29. The Bertz CT molecular complexity index is 1470. The second kappa shape index (κ2) is 8.40. The molecule has 5 aromatic rings. The van der Waals surface area contributed by atoms with Crippen LogP contribution in [0.2, 0.25) is 0 Å². The lowest BCUT2D eigenvalue weighted by atomic mass is 10.0. The molecule has 0 saturated heterocycles. The van der Waals surface area contributed by atoms with Gasteiger partial charge in [0.15, 0.2) is 6.61 Å². The fourth-order valence-electron chi connectivity index (χ4n) is 3.70. The van der Waals surface area contributed by atoms with Gasteiger partial charge in [-0.25, -0.2) is 9.78 Å². The summed E-state index contributed by atoms with van der Waals surface area (Å²) in [5.41, 5.74) is 3.96. The molecule has 0 bridgehead atoms. The number of pyridine rings is 1. The third-order valence-corrected chi connectivity index (χ3v) is 5.83. The summed E-state index contributed by atoms with van der Waals surface area (Å²) in [4.78, 5) is 33.5. The number of rotatable bonds is 5. The van der Waals surface area contributed by atoms with E-state index >= 15 is 0 Å². The van der Waals surface area contributed by atoms with Crippen molar-refractivity contribution < 1.29 is 14.3 Å². The van der Waals surface area contributed by atoms with Crippen LogP contribution < -0.4 is 0 Å². The number of carbonyl (C=O) groups excluding carboxylic acids is 2. The number of H-pyrrole nitrogens is 1. The predicted octanol–water partition coefficient (Wildman–Crippen LogP) is 6.19. The van der Waals surface area contributed by atoms with E-state index in [-0.39, 0.29) is 12.4 Å². The van der Waals surface area contributed by atoms with Crippen LogP contribution in [0.5, 0.6) is 0 Å². The topological polar surface area (TPSA) is 72.1 Å². The minimum absolute atomic E-state index is 0.262. The molecule has 156 valence electrons. The number of ether oxygens (including phenoxy) is 1. The highest BCUT2D eigenvalue weighted by Gasteiger charge is 2.18. The molecule has 6 heteroatoms. The van der Waals surface area contributed by atoms with Crippen LogP contribution >= 0.6 is 15.9 Å². The third-order valence-electron chi connectivity index (χ3n) is 5.30. The van der Waals surface area contributed by atoms with Gasteiger partial charge in [-0.05, 0) is 30.3 Å². The maximum Gasteiger partial charge on any atom is 0.339 e. The number of halogens is 1. The maximum atomic E-state index is 13.0. The minimum Gasteiger partial charge on any atom is -0.454 e. The van der Waals surface area contributed by atoms with Crippen molar-refractivity contribution in [2.24, 2.45) is 0 Å². The molecular formula is C26H17BrN2O3. The van der Waals surface area contributed by atoms with E-state index in [0.717, 1.165) is 20.9 Å². The predicted molar refractivity (Wildman–Crippen MR) is 128 cm³/mol. The molecule has 0 amide bonds. The van der Waals surface area contributed by atoms with Gasteiger partial charge in [-0.1, -0.05) is 64.5 Å². The quantitative estimate of drug-likeness (QED) is 0.238. The summed E-state index contributed by atoms with van der Waals surface area (Å²) < 4.78 is 6.40. The zero-order valence-electron chi connectivity index (χ0n) is 16.8. The standard InChI is InChI=1S/C26H17BrN2O3/c27-17-11-9-16(10-12-17)24-13-20(18-5-2-4-8-23(18)29-24)26(31)32-15-25(30)21-14-28-22-7-3-1-6-19(21)22/h1-14,28H,15H2. The van der Waals surface area contributed by atoms with Gasteiger partial charge in [0.25, 0.3) is 0 Å². The van der Waals surface area contributed by atoms with E-state index in [1.165, 1.54) is 0 Å². The van der Waals surface area contributed by atoms with Gasteiger partial charge >= 0.3 is 5.97 Å². The summed E-state index contributed by atoms with van der Waals surface area (Å²) in [5.74, 6) is -0.822. The van der Waals surface area contributed by atoms with Crippen LogP contribution in [0.1, 0.15) is 20.7 Å². The molecule has 0 fully saturated rings. The number of nitrogens with one attached hydrogen (secondary N) is 1. The average Bonchev–Trinajstić information content (AvgIpc) is 3.26. The van der Waals surface area contributed by atoms with E-state index in [4.69, 9.17) is 9.72 Å². The zero-order valence-corrected chi connectivity index (χ0v) is 18.4. The van der Waals surface area contributed by atoms with E-state index in [2.05, 4.69) is 20.9 Å². The van der Waals surface area contributed by atoms with Gasteiger partial charge in [-0.2, -0.15) is 0 Å². The molecule has 0 radical (unpaired) electrons. The normalized spacial score (nSPS) is 11.0. The first kappa shape index (κ1) is 20.2. The van der Waals surface area contributed by atoms with Crippen LogP contribution in [-0.2, 0) is 4.74 Å². The molecule has 0 atom stereocenters. The number of aromatic amines is 1. The lowest BCUT2D eigenvalue weighted by Gasteiger charge is -2.10. The maximum absolute atomic E-state index is 13.0. The van der Waals surface area contributed by atoms with E-state index in [0.29, 0.717) is 27.7 Å². The van der Waals surface area contributed by atoms with Crippen LogP contribution in [0, 0.1) is 0 Å². The lowest BCUT2D eigenvalue weighted by Crippen LogP contribution is -2.14. The van der Waals surface area contributed by atoms with Gasteiger partial charge in [0, 0.05) is 38.1 Å². The molecule has 32 heavy (non-hydrogen) atoms. The van der Waals surface area contributed by atoms with Crippen LogP contribution in [-0.4, -0.2) is 28.3 Å².